The molecule has 0 aliphatic heterocycles. The summed E-state index contributed by atoms with van der Waals surface area (Å²) < 4.78 is 9.15. The monoisotopic (exact) mass is 149 g/mol. The van der Waals surface area contributed by atoms with Gasteiger partial charge < -0.3 is 0 Å². The van der Waals surface area contributed by atoms with Crippen LogP contribution in [-0.4, -0.2) is 3.79 Å². The molecule has 0 bridgehead atoms. The maximum absolute atomic E-state index is 11.0. The maximum atomic E-state index is 11.0. The van der Waals surface area contributed by atoms with Crippen molar-refractivity contribution >= 4 is 34.8 Å². The van der Waals surface area contributed by atoms with Crippen LogP contribution < -0.4 is 0 Å². The number of hydrogen-bond acceptors (Lipinski definition) is 0. The van der Waals surface area contributed by atoms with Crippen LogP contribution in [0.4, 0.5) is 4.39 Å². The van der Waals surface area contributed by atoms with Crippen LogP contribution in [0.25, 0.3) is 0 Å². The first kappa shape index (κ1) is 6.80. The van der Waals surface area contributed by atoms with Gasteiger partial charge in [0.1, 0.15) is 0 Å². The van der Waals surface area contributed by atoms with Crippen molar-refractivity contribution in [2.75, 3.05) is 0 Å². The van der Waals surface area contributed by atoms with Crippen LogP contribution in [0.2, 0.25) is 0 Å². The summed E-state index contributed by atoms with van der Waals surface area (Å²) >= 11 is 14.5. The predicted octanol–water partition coefficient (Wildman–Crippen LogP) is 2.49. The van der Waals surface area contributed by atoms with Crippen LogP contribution in [0.1, 0.15) is 0 Å². The van der Waals surface area contributed by atoms with Gasteiger partial charge in [-0.2, -0.15) is 0 Å². The highest BCUT2D eigenvalue weighted by Crippen LogP contribution is 2.28. The Labute approximate surface area is 50.2 Å². The first-order valence-electron chi connectivity index (χ1n) is 1.07. The van der Waals surface area contributed by atoms with Crippen LogP contribution in [0, 0.1) is 6.67 Å². The summed E-state index contributed by atoms with van der Waals surface area (Å²) in [7, 11) is 0. The standard InChI is InChI=1S/C2HCl3F/c3-2(4,5)1-6/h1H. The van der Waals surface area contributed by atoms with Crippen LogP contribution >= 0.6 is 34.8 Å². The van der Waals surface area contributed by atoms with E-state index in [0.717, 1.165) is 0 Å². The van der Waals surface area contributed by atoms with Gasteiger partial charge in [0.25, 0.3) is 0 Å². The summed E-state index contributed by atoms with van der Waals surface area (Å²) in [5, 5.41) is 0. The van der Waals surface area contributed by atoms with Gasteiger partial charge in [-0.1, -0.05) is 34.8 Å². The molecule has 0 saturated heterocycles. The largest absolute Gasteiger partial charge is 0.239 e. The molecule has 0 N–H and O–H groups in total. The van der Waals surface area contributed by atoms with Gasteiger partial charge >= 0.3 is 0 Å². The van der Waals surface area contributed by atoms with E-state index in [9.17, 15) is 4.39 Å². The van der Waals surface area contributed by atoms with Crippen molar-refractivity contribution in [3.8, 4) is 0 Å². The molecule has 0 aromatic heterocycles. The zero-order chi connectivity index (χ0) is 5.21. The Morgan fingerprint density at radius 2 is 1.50 bits per heavy atom. The molecule has 1 radical (unpaired) electrons. The summed E-state index contributed by atoms with van der Waals surface area (Å²) in [6.07, 6.45) is 0. The number of hydrogen-bond donors (Lipinski definition) is 0. The third-order valence-electron chi connectivity index (χ3n) is 0.124. The first-order valence-corrected chi connectivity index (χ1v) is 2.21. The smallest absolute Gasteiger partial charge is 0.224 e. The second-order valence-corrected chi connectivity index (χ2v) is 3.02. The Morgan fingerprint density at radius 3 is 1.50 bits per heavy atom. The fourth-order valence-corrected chi connectivity index (χ4v) is 0. The van der Waals surface area contributed by atoms with Gasteiger partial charge in [0, 0.05) is 0 Å². The number of halogens is 4. The van der Waals surface area contributed by atoms with E-state index in [1.54, 1.807) is 0 Å². The summed E-state index contributed by atoms with van der Waals surface area (Å²) in [6.45, 7) is -0.0162. The van der Waals surface area contributed by atoms with E-state index in [1.165, 1.54) is 0 Å². The molecule has 0 aromatic carbocycles. The zero-order valence-corrected chi connectivity index (χ0v) is 4.86. The number of rotatable bonds is 0. The molecule has 0 fully saturated rings. The average molecular weight is 150 g/mol. The van der Waals surface area contributed by atoms with Gasteiger partial charge in [0.15, 0.2) is 6.67 Å². The highest BCUT2D eigenvalue weighted by molar-refractivity contribution is 6.68. The Kier molecular flexibility index (Phi) is 2.49. The van der Waals surface area contributed by atoms with Crippen LogP contribution in [-0.2, 0) is 0 Å². The molecule has 0 rings (SSSR count). The first-order chi connectivity index (χ1) is 2.56. The van der Waals surface area contributed by atoms with Crippen LogP contribution in [0.15, 0.2) is 0 Å². The van der Waals surface area contributed by atoms with Crippen LogP contribution in [0.3, 0.4) is 0 Å². The van der Waals surface area contributed by atoms with Crippen molar-refractivity contribution in [3.05, 3.63) is 6.67 Å². The molecule has 0 aliphatic carbocycles. The third-order valence-corrected chi connectivity index (χ3v) is 0.371. The molecule has 0 atom stereocenters. The molecule has 0 saturated carbocycles. The van der Waals surface area contributed by atoms with E-state index in [4.69, 9.17) is 34.8 Å². The minimum Gasteiger partial charge on any atom is -0.239 e. The topological polar surface area (TPSA) is 0 Å². The minimum absolute atomic E-state index is 0.0162. The summed E-state index contributed by atoms with van der Waals surface area (Å²) in [5.41, 5.74) is 0. The van der Waals surface area contributed by atoms with Gasteiger partial charge in [-0.05, 0) is 0 Å². The van der Waals surface area contributed by atoms with Gasteiger partial charge in [-0.3, -0.25) is 0 Å². The SMILES string of the molecule is F[CH]C(Cl)(Cl)Cl. The van der Waals surface area contributed by atoms with E-state index >= 15 is 0 Å². The fraction of sp³-hybridized carbons (Fsp3) is 0.500. The van der Waals surface area contributed by atoms with Gasteiger partial charge in [-0.25, -0.2) is 4.39 Å². The molecule has 37 valence electrons. The van der Waals surface area contributed by atoms with Crippen molar-refractivity contribution in [1.82, 2.24) is 0 Å². The maximum Gasteiger partial charge on any atom is 0.224 e. The molecule has 0 unspecified atom stereocenters. The van der Waals surface area contributed by atoms with E-state index in [-0.39, 0.29) is 6.67 Å². The average Bonchev–Trinajstić information content (AvgIpc) is 1.35. The normalized spacial score (nSPS) is 12.0. The lowest BCUT2D eigenvalue weighted by atomic mass is 10.9. The molecule has 0 heterocycles. The summed E-state index contributed by atoms with van der Waals surface area (Å²) in [6, 6.07) is 0. The van der Waals surface area contributed by atoms with Gasteiger partial charge in [0.05, 0.1) is 0 Å². The lowest BCUT2D eigenvalue weighted by molar-refractivity contribution is 0.607. The highest BCUT2D eigenvalue weighted by atomic mass is 35.6. The molecular formula is C2HCl3F. The van der Waals surface area contributed by atoms with Crippen molar-refractivity contribution in [3.63, 3.8) is 0 Å². The molecule has 6 heavy (non-hydrogen) atoms. The second kappa shape index (κ2) is 2.20. The van der Waals surface area contributed by atoms with E-state index in [1.807, 2.05) is 0 Å². The van der Waals surface area contributed by atoms with E-state index < -0.39 is 3.79 Å². The van der Waals surface area contributed by atoms with Gasteiger partial charge in [0.2, 0.25) is 3.79 Å². The molecule has 4 heteroatoms. The Hall–Kier alpha value is 0.800. The molecule has 0 amide bonds. The summed E-state index contributed by atoms with van der Waals surface area (Å²) in [4.78, 5) is 0. The third kappa shape index (κ3) is 4.80. The molecule has 0 aliphatic rings. The Balaban J connectivity index is 3.17. The van der Waals surface area contributed by atoms with Gasteiger partial charge in [-0.15, -0.1) is 0 Å². The minimum atomic E-state index is -1.83. The lowest BCUT2D eigenvalue weighted by Crippen LogP contribution is -1.96. The van der Waals surface area contributed by atoms with Crippen molar-refractivity contribution < 1.29 is 4.39 Å². The van der Waals surface area contributed by atoms with Crippen molar-refractivity contribution in [2.45, 2.75) is 3.79 Å². The fourth-order valence-electron chi connectivity index (χ4n) is 0. The van der Waals surface area contributed by atoms with Crippen LogP contribution in [0.5, 0.6) is 0 Å². The quantitative estimate of drug-likeness (QED) is 0.465. The molecule has 0 nitrogen and oxygen atoms in total. The summed E-state index contributed by atoms with van der Waals surface area (Å²) in [5.74, 6) is 0. The number of alkyl halides is 3. The van der Waals surface area contributed by atoms with E-state index in [2.05, 4.69) is 0 Å². The van der Waals surface area contributed by atoms with Crippen molar-refractivity contribution in [2.24, 2.45) is 0 Å². The Bertz CT molecular complexity index is 38.5. The predicted molar refractivity (Wildman–Crippen MR) is 25.7 cm³/mol. The van der Waals surface area contributed by atoms with E-state index in [0.29, 0.717) is 0 Å². The lowest BCUT2D eigenvalue weighted by Gasteiger charge is -1.98. The van der Waals surface area contributed by atoms with Crippen molar-refractivity contribution in [1.29, 1.82) is 0 Å². The Morgan fingerprint density at radius 1 is 1.33 bits per heavy atom. The molecule has 0 spiro atoms. The second-order valence-electron chi connectivity index (χ2n) is 0.651. The molecule has 0 aromatic rings. The zero-order valence-electron chi connectivity index (χ0n) is 2.59. The molecular weight excluding hydrogens is 149 g/mol. The highest BCUT2D eigenvalue weighted by Gasteiger charge is 2.18.